The Bertz CT molecular complexity index is 337. The molecule has 2 N–H and O–H groups in total. The first kappa shape index (κ1) is 12.3. The van der Waals surface area contributed by atoms with Gasteiger partial charge in [-0.15, -0.1) is 0 Å². The van der Waals surface area contributed by atoms with Crippen LogP contribution < -0.4 is 5.32 Å². The van der Waals surface area contributed by atoms with Gasteiger partial charge in [-0.1, -0.05) is 25.4 Å². The molecule has 0 aliphatic rings. The minimum absolute atomic E-state index is 0.289. The third kappa shape index (κ3) is 3.11. The van der Waals surface area contributed by atoms with Gasteiger partial charge in [0.15, 0.2) is 0 Å². The molecule has 0 aromatic heterocycles. The maximum absolute atomic E-state index is 10.0. The van der Waals surface area contributed by atoms with Crippen LogP contribution in [0.1, 0.15) is 30.9 Å². The van der Waals surface area contributed by atoms with E-state index < -0.39 is 0 Å². The topological polar surface area (TPSA) is 32.3 Å². The van der Waals surface area contributed by atoms with Crippen LogP contribution in [-0.2, 0) is 6.42 Å². The molecule has 0 unspecified atom stereocenters. The molecule has 1 aromatic carbocycles. The molecule has 1 aromatic rings. The molecule has 2 nitrogen and oxygen atoms in total. The number of benzene rings is 1. The number of phenols is 1. The summed E-state index contributed by atoms with van der Waals surface area (Å²) in [6, 6.07) is 3.67. The molecule has 0 fully saturated rings. The number of likely N-dealkylation sites (N-methyl/N-ethyl adjacent to an activating group) is 1. The maximum Gasteiger partial charge on any atom is 0.122 e. The van der Waals surface area contributed by atoms with Crippen molar-refractivity contribution >= 4 is 11.6 Å². The van der Waals surface area contributed by atoms with Crippen LogP contribution in [0.4, 0.5) is 0 Å². The summed E-state index contributed by atoms with van der Waals surface area (Å²) in [4.78, 5) is 0. The predicted octanol–water partition coefficient (Wildman–Crippen LogP) is 2.93. The van der Waals surface area contributed by atoms with Gasteiger partial charge in [-0.2, -0.15) is 0 Å². The van der Waals surface area contributed by atoms with Crippen LogP contribution in [0.2, 0.25) is 5.02 Å². The van der Waals surface area contributed by atoms with Gasteiger partial charge in [0.05, 0.1) is 0 Å². The molecule has 0 aliphatic carbocycles. The van der Waals surface area contributed by atoms with Crippen LogP contribution >= 0.6 is 11.6 Å². The Morgan fingerprint density at radius 2 is 2.07 bits per heavy atom. The Balaban J connectivity index is 3.05. The Hall–Kier alpha value is -0.730. The van der Waals surface area contributed by atoms with Gasteiger partial charge in [0.25, 0.3) is 0 Å². The molecular weight excluding hydrogens is 210 g/mol. The Kier molecular flexibility index (Phi) is 4.43. The van der Waals surface area contributed by atoms with Crippen LogP contribution in [0.15, 0.2) is 12.1 Å². The molecule has 0 radical (unpaired) electrons. The lowest BCUT2D eigenvalue weighted by Gasteiger charge is -2.13. The van der Waals surface area contributed by atoms with Gasteiger partial charge in [-0.05, 0) is 49.2 Å². The van der Waals surface area contributed by atoms with Crippen LogP contribution in [0.3, 0.4) is 0 Å². The van der Waals surface area contributed by atoms with E-state index in [9.17, 15) is 5.11 Å². The summed E-state index contributed by atoms with van der Waals surface area (Å²) in [6.07, 6.45) is 0.794. The normalized spacial score (nSPS) is 11.0. The van der Waals surface area contributed by atoms with Gasteiger partial charge in [0.2, 0.25) is 0 Å². The molecule has 3 heteroatoms. The van der Waals surface area contributed by atoms with E-state index in [1.807, 2.05) is 33.0 Å². The van der Waals surface area contributed by atoms with Crippen LogP contribution in [0.25, 0.3) is 0 Å². The van der Waals surface area contributed by atoms with Crippen LogP contribution in [-0.4, -0.2) is 18.7 Å². The Morgan fingerprint density at radius 3 is 2.60 bits per heavy atom. The van der Waals surface area contributed by atoms with Crippen molar-refractivity contribution in [1.29, 1.82) is 0 Å². The van der Waals surface area contributed by atoms with E-state index in [2.05, 4.69) is 5.32 Å². The van der Waals surface area contributed by atoms with Gasteiger partial charge in [-0.3, -0.25) is 0 Å². The molecule has 84 valence electrons. The minimum atomic E-state index is 0.289. The molecule has 0 spiro atoms. The Morgan fingerprint density at radius 1 is 1.40 bits per heavy atom. The quantitative estimate of drug-likeness (QED) is 0.829. The van der Waals surface area contributed by atoms with Gasteiger partial charge < -0.3 is 10.4 Å². The summed E-state index contributed by atoms with van der Waals surface area (Å²) in [6.45, 7) is 4.94. The van der Waals surface area contributed by atoms with E-state index >= 15 is 0 Å². The molecule has 0 amide bonds. The fourth-order valence-corrected chi connectivity index (χ4v) is 1.82. The fourth-order valence-electron chi connectivity index (χ4n) is 1.57. The fraction of sp³-hybridized carbons (Fsp3) is 0.500. The van der Waals surface area contributed by atoms with Crippen molar-refractivity contribution in [2.24, 2.45) is 0 Å². The predicted molar refractivity (Wildman–Crippen MR) is 64.8 cm³/mol. The van der Waals surface area contributed by atoms with E-state index in [0.29, 0.717) is 10.8 Å². The van der Waals surface area contributed by atoms with Crippen molar-refractivity contribution in [2.75, 3.05) is 13.6 Å². The van der Waals surface area contributed by atoms with Crippen LogP contribution in [0, 0.1) is 0 Å². The third-order valence-corrected chi connectivity index (χ3v) is 2.67. The first-order valence-electron chi connectivity index (χ1n) is 5.22. The smallest absolute Gasteiger partial charge is 0.122 e. The average molecular weight is 228 g/mol. The molecule has 0 saturated carbocycles. The van der Waals surface area contributed by atoms with Crippen molar-refractivity contribution in [3.8, 4) is 5.75 Å². The minimum Gasteiger partial charge on any atom is -0.507 e. The Labute approximate surface area is 96.3 Å². The number of hydrogen-bond donors (Lipinski definition) is 2. The number of nitrogens with one attached hydrogen (secondary N) is 1. The number of aromatic hydroxyl groups is 1. The summed E-state index contributed by atoms with van der Waals surface area (Å²) in [7, 11) is 1.89. The van der Waals surface area contributed by atoms with Crippen molar-refractivity contribution in [3.05, 3.63) is 28.3 Å². The summed E-state index contributed by atoms with van der Waals surface area (Å²) in [5, 5.41) is 13.8. The van der Waals surface area contributed by atoms with E-state index in [0.717, 1.165) is 24.1 Å². The number of phenolic OH excluding ortho intramolecular Hbond substituents is 1. The molecule has 0 bridgehead atoms. The summed E-state index contributed by atoms with van der Waals surface area (Å²) in [5.41, 5.74) is 1.84. The molecular formula is C12H18ClNO. The highest BCUT2D eigenvalue weighted by Gasteiger charge is 2.11. The zero-order valence-corrected chi connectivity index (χ0v) is 10.2. The van der Waals surface area contributed by atoms with Crippen LogP contribution in [0.5, 0.6) is 5.75 Å². The lowest BCUT2D eigenvalue weighted by atomic mass is 9.98. The second-order valence-corrected chi connectivity index (χ2v) is 4.45. The maximum atomic E-state index is 10.0. The van der Waals surface area contributed by atoms with Crippen molar-refractivity contribution in [1.82, 2.24) is 5.32 Å². The van der Waals surface area contributed by atoms with E-state index in [1.54, 1.807) is 0 Å². The summed E-state index contributed by atoms with van der Waals surface area (Å²) >= 11 is 6.01. The molecule has 0 aliphatic heterocycles. The number of rotatable bonds is 4. The molecule has 15 heavy (non-hydrogen) atoms. The monoisotopic (exact) mass is 227 g/mol. The highest BCUT2D eigenvalue weighted by Crippen LogP contribution is 2.32. The third-order valence-electron chi connectivity index (χ3n) is 2.45. The van der Waals surface area contributed by atoms with Gasteiger partial charge in [0.1, 0.15) is 5.75 Å². The van der Waals surface area contributed by atoms with Crippen molar-refractivity contribution in [3.63, 3.8) is 0 Å². The molecule has 0 heterocycles. The lowest BCUT2D eigenvalue weighted by molar-refractivity contribution is 0.457. The SMILES string of the molecule is CNCCc1cc(Cl)cc(C(C)C)c1O. The first-order chi connectivity index (χ1) is 7.06. The summed E-state index contributed by atoms with van der Waals surface area (Å²) < 4.78 is 0. The van der Waals surface area contributed by atoms with E-state index in [4.69, 9.17) is 11.6 Å². The van der Waals surface area contributed by atoms with Gasteiger partial charge in [0, 0.05) is 5.02 Å². The van der Waals surface area contributed by atoms with Crippen molar-refractivity contribution < 1.29 is 5.11 Å². The largest absolute Gasteiger partial charge is 0.507 e. The zero-order chi connectivity index (χ0) is 11.4. The molecule has 0 saturated heterocycles. The number of halogens is 1. The number of hydrogen-bond acceptors (Lipinski definition) is 2. The van der Waals surface area contributed by atoms with E-state index in [-0.39, 0.29) is 5.92 Å². The second kappa shape index (κ2) is 5.38. The van der Waals surface area contributed by atoms with Crippen molar-refractivity contribution in [2.45, 2.75) is 26.2 Å². The molecule has 1 rings (SSSR count). The van der Waals surface area contributed by atoms with Gasteiger partial charge in [-0.25, -0.2) is 0 Å². The van der Waals surface area contributed by atoms with E-state index in [1.165, 1.54) is 0 Å². The average Bonchev–Trinajstić information content (AvgIpc) is 2.18. The van der Waals surface area contributed by atoms with Gasteiger partial charge >= 0.3 is 0 Å². The first-order valence-corrected chi connectivity index (χ1v) is 5.60. The second-order valence-electron chi connectivity index (χ2n) is 4.01. The molecule has 0 atom stereocenters. The highest BCUT2D eigenvalue weighted by molar-refractivity contribution is 6.30. The standard InChI is InChI=1S/C12H18ClNO/c1-8(2)11-7-10(13)6-9(12(11)15)4-5-14-3/h6-8,14-15H,4-5H2,1-3H3. The summed E-state index contributed by atoms with van der Waals surface area (Å²) in [5.74, 6) is 0.682. The lowest BCUT2D eigenvalue weighted by Crippen LogP contribution is -2.10. The zero-order valence-electron chi connectivity index (χ0n) is 9.47. The highest BCUT2D eigenvalue weighted by atomic mass is 35.5.